The number of hydrogen-bond donors (Lipinski definition) is 1. The molecule has 1 aromatic rings. The highest BCUT2D eigenvalue weighted by Gasteiger charge is 2.04. The molecule has 0 heterocycles. The molecule has 0 atom stereocenters. The van der Waals surface area contributed by atoms with Crippen molar-refractivity contribution in [1.82, 2.24) is 4.90 Å². The van der Waals surface area contributed by atoms with E-state index in [2.05, 4.69) is 40.4 Å². The van der Waals surface area contributed by atoms with Gasteiger partial charge in [0.15, 0.2) is 0 Å². The minimum Gasteiger partial charge on any atom is -0.399 e. The summed E-state index contributed by atoms with van der Waals surface area (Å²) in [5.74, 6) is 0. The Morgan fingerprint density at radius 3 is 2.75 bits per heavy atom. The van der Waals surface area contributed by atoms with E-state index >= 15 is 0 Å². The molecule has 0 unspecified atom stereocenters. The maximum Gasteiger partial charge on any atom is 0.0328 e. The Kier molecular flexibility index (Phi) is 5.56. The van der Waals surface area contributed by atoms with Crippen LogP contribution in [0.25, 0.3) is 0 Å². The van der Waals surface area contributed by atoms with Crippen molar-refractivity contribution in [3.63, 3.8) is 0 Å². The molecule has 0 spiro atoms. The van der Waals surface area contributed by atoms with Gasteiger partial charge in [-0.15, -0.1) is 6.58 Å². The van der Waals surface area contributed by atoms with Crippen LogP contribution >= 0.6 is 15.9 Å². The topological polar surface area (TPSA) is 29.3 Å². The summed E-state index contributed by atoms with van der Waals surface area (Å²) in [5, 5.41) is 0. The molecule has 0 bridgehead atoms. The van der Waals surface area contributed by atoms with E-state index < -0.39 is 0 Å². The highest BCUT2D eigenvalue weighted by atomic mass is 79.9. The summed E-state index contributed by atoms with van der Waals surface area (Å²) < 4.78 is 1.04. The lowest BCUT2D eigenvalue weighted by atomic mass is 10.2. The molecular formula is C13H19BrN2. The first-order chi connectivity index (χ1) is 7.65. The van der Waals surface area contributed by atoms with E-state index in [-0.39, 0.29) is 0 Å². The molecule has 1 rings (SSSR count). The average Bonchev–Trinajstić information content (AvgIpc) is 2.16. The summed E-state index contributed by atoms with van der Waals surface area (Å²) in [6.45, 7) is 8.89. The van der Waals surface area contributed by atoms with Crippen LogP contribution in [0.4, 0.5) is 5.69 Å². The highest BCUT2D eigenvalue weighted by molar-refractivity contribution is 9.10. The van der Waals surface area contributed by atoms with Crippen LogP contribution in [0.2, 0.25) is 0 Å². The monoisotopic (exact) mass is 282 g/mol. The van der Waals surface area contributed by atoms with Gasteiger partial charge < -0.3 is 5.73 Å². The number of anilines is 1. The SMILES string of the molecule is C=CCN(CCC)Cc1cc(N)cc(Br)c1. The van der Waals surface area contributed by atoms with Crippen LogP contribution in [0.15, 0.2) is 35.3 Å². The second kappa shape index (κ2) is 6.71. The predicted octanol–water partition coefficient (Wildman–Crippen LogP) is 3.43. The van der Waals surface area contributed by atoms with Gasteiger partial charge in [0, 0.05) is 23.2 Å². The molecule has 0 aliphatic heterocycles. The van der Waals surface area contributed by atoms with Crippen LogP contribution in [0.5, 0.6) is 0 Å². The number of hydrogen-bond acceptors (Lipinski definition) is 2. The quantitative estimate of drug-likeness (QED) is 0.640. The van der Waals surface area contributed by atoms with Crippen molar-refractivity contribution in [3.8, 4) is 0 Å². The van der Waals surface area contributed by atoms with Gasteiger partial charge >= 0.3 is 0 Å². The standard InChI is InChI=1S/C13H19BrN2/c1-3-5-16(6-4-2)10-11-7-12(14)9-13(15)8-11/h3,7-9H,1,4-6,10,15H2,2H3. The fourth-order valence-corrected chi connectivity index (χ4v) is 2.32. The van der Waals surface area contributed by atoms with E-state index in [0.717, 1.165) is 36.2 Å². The third-order valence-electron chi connectivity index (χ3n) is 2.31. The molecule has 1 aromatic carbocycles. The first kappa shape index (κ1) is 13.3. The molecule has 0 aliphatic carbocycles. The minimum atomic E-state index is 0.805. The van der Waals surface area contributed by atoms with Crippen molar-refractivity contribution in [2.24, 2.45) is 0 Å². The second-order valence-electron chi connectivity index (χ2n) is 3.92. The number of benzene rings is 1. The third-order valence-corrected chi connectivity index (χ3v) is 2.77. The van der Waals surface area contributed by atoms with Crippen LogP contribution in [-0.2, 0) is 6.54 Å². The van der Waals surface area contributed by atoms with E-state index in [1.54, 1.807) is 0 Å². The predicted molar refractivity (Wildman–Crippen MR) is 74.3 cm³/mol. The van der Waals surface area contributed by atoms with Crippen molar-refractivity contribution >= 4 is 21.6 Å². The number of nitrogens with zero attached hydrogens (tertiary/aromatic N) is 1. The fraction of sp³-hybridized carbons (Fsp3) is 0.385. The largest absolute Gasteiger partial charge is 0.399 e. The van der Waals surface area contributed by atoms with Gasteiger partial charge in [-0.1, -0.05) is 28.9 Å². The van der Waals surface area contributed by atoms with Gasteiger partial charge in [-0.05, 0) is 36.7 Å². The van der Waals surface area contributed by atoms with Crippen LogP contribution in [0, 0.1) is 0 Å². The zero-order valence-corrected chi connectivity index (χ0v) is 11.3. The number of halogens is 1. The minimum absolute atomic E-state index is 0.805. The van der Waals surface area contributed by atoms with Crippen LogP contribution in [0.3, 0.4) is 0 Å². The number of rotatable bonds is 6. The molecule has 0 aromatic heterocycles. The van der Waals surface area contributed by atoms with Crippen molar-refractivity contribution in [2.75, 3.05) is 18.8 Å². The van der Waals surface area contributed by atoms with Gasteiger partial charge in [0.1, 0.15) is 0 Å². The van der Waals surface area contributed by atoms with Gasteiger partial charge in [0.25, 0.3) is 0 Å². The van der Waals surface area contributed by atoms with Gasteiger partial charge in [0.05, 0.1) is 0 Å². The van der Waals surface area contributed by atoms with Crippen molar-refractivity contribution in [3.05, 3.63) is 40.9 Å². The normalized spacial score (nSPS) is 10.7. The Morgan fingerprint density at radius 2 is 2.19 bits per heavy atom. The van der Waals surface area contributed by atoms with E-state index in [9.17, 15) is 0 Å². The number of nitrogen functional groups attached to an aromatic ring is 1. The molecule has 3 heteroatoms. The Labute approximate surface area is 106 Å². The molecule has 0 saturated carbocycles. The van der Waals surface area contributed by atoms with E-state index in [1.165, 1.54) is 5.56 Å². The average molecular weight is 283 g/mol. The fourth-order valence-electron chi connectivity index (χ4n) is 1.76. The smallest absolute Gasteiger partial charge is 0.0328 e. The van der Waals surface area contributed by atoms with Crippen molar-refractivity contribution in [1.29, 1.82) is 0 Å². The summed E-state index contributed by atoms with van der Waals surface area (Å²) in [6, 6.07) is 6.06. The maximum atomic E-state index is 5.81. The summed E-state index contributed by atoms with van der Waals surface area (Å²) in [6.07, 6.45) is 3.09. The molecule has 0 radical (unpaired) electrons. The van der Waals surface area contributed by atoms with Gasteiger partial charge in [-0.3, -0.25) is 4.90 Å². The van der Waals surface area contributed by atoms with Gasteiger partial charge in [-0.25, -0.2) is 0 Å². The molecule has 2 nitrogen and oxygen atoms in total. The second-order valence-corrected chi connectivity index (χ2v) is 4.83. The van der Waals surface area contributed by atoms with Crippen molar-refractivity contribution in [2.45, 2.75) is 19.9 Å². The maximum absolute atomic E-state index is 5.81. The Hall–Kier alpha value is -0.800. The molecule has 0 fully saturated rings. The van der Waals surface area contributed by atoms with Gasteiger partial charge in [-0.2, -0.15) is 0 Å². The zero-order chi connectivity index (χ0) is 12.0. The molecule has 0 saturated heterocycles. The first-order valence-electron chi connectivity index (χ1n) is 5.54. The third kappa shape index (κ3) is 4.37. The van der Waals surface area contributed by atoms with E-state index in [4.69, 9.17) is 5.73 Å². The molecule has 88 valence electrons. The Balaban J connectivity index is 2.71. The molecule has 0 aliphatic rings. The first-order valence-corrected chi connectivity index (χ1v) is 6.33. The van der Waals surface area contributed by atoms with Crippen molar-refractivity contribution < 1.29 is 0 Å². The summed E-state index contributed by atoms with van der Waals surface area (Å²) in [7, 11) is 0. The molecule has 2 N–H and O–H groups in total. The summed E-state index contributed by atoms with van der Waals surface area (Å²) in [5.41, 5.74) is 7.86. The summed E-state index contributed by atoms with van der Waals surface area (Å²) in [4.78, 5) is 2.36. The van der Waals surface area contributed by atoms with Crippen LogP contribution < -0.4 is 5.73 Å². The summed E-state index contributed by atoms with van der Waals surface area (Å²) >= 11 is 3.46. The lowest BCUT2D eigenvalue weighted by molar-refractivity contribution is 0.295. The van der Waals surface area contributed by atoms with E-state index in [0.29, 0.717) is 0 Å². The zero-order valence-electron chi connectivity index (χ0n) is 9.75. The lowest BCUT2D eigenvalue weighted by Gasteiger charge is -2.20. The highest BCUT2D eigenvalue weighted by Crippen LogP contribution is 2.18. The van der Waals surface area contributed by atoms with E-state index in [1.807, 2.05) is 18.2 Å². The number of nitrogens with two attached hydrogens (primary N) is 1. The molecule has 16 heavy (non-hydrogen) atoms. The Bertz CT molecular complexity index is 330. The lowest BCUT2D eigenvalue weighted by Crippen LogP contribution is -2.24. The van der Waals surface area contributed by atoms with Gasteiger partial charge in [0.2, 0.25) is 0 Å². The van der Waals surface area contributed by atoms with Crippen LogP contribution in [-0.4, -0.2) is 18.0 Å². The molecule has 0 amide bonds. The van der Waals surface area contributed by atoms with Crippen LogP contribution in [0.1, 0.15) is 18.9 Å². The Morgan fingerprint density at radius 1 is 1.44 bits per heavy atom. The molecular weight excluding hydrogens is 264 g/mol.